The van der Waals surface area contributed by atoms with Gasteiger partial charge in [-0.3, -0.25) is 15.4 Å². The van der Waals surface area contributed by atoms with Crippen LogP contribution in [0.5, 0.6) is 0 Å². The van der Waals surface area contributed by atoms with E-state index < -0.39 is 0 Å². The van der Waals surface area contributed by atoms with Crippen LogP contribution >= 0.6 is 23.5 Å². The Kier molecular flexibility index (Phi) is 1.83. The standard InChI is InChI=1S/C6H5N3S2/c7-6-10-5(11-6)4-3-8-1-2-9-4/h1-3,5,7H. The van der Waals surface area contributed by atoms with Crippen LogP contribution in [0.1, 0.15) is 10.3 Å². The van der Waals surface area contributed by atoms with Crippen molar-refractivity contribution < 1.29 is 0 Å². The molecule has 0 unspecified atom stereocenters. The Balaban J connectivity index is 2.13. The maximum absolute atomic E-state index is 7.19. The smallest absolute Gasteiger partial charge is 0.124 e. The molecule has 1 fully saturated rings. The molecular weight excluding hydrogens is 178 g/mol. The minimum Gasteiger partial charge on any atom is -0.288 e. The topological polar surface area (TPSA) is 49.6 Å². The highest BCUT2D eigenvalue weighted by molar-refractivity contribution is 8.52. The zero-order chi connectivity index (χ0) is 7.68. The first-order valence-electron chi connectivity index (χ1n) is 3.04. The van der Waals surface area contributed by atoms with E-state index in [4.69, 9.17) is 5.41 Å². The quantitative estimate of drug-likeness (QED) is 0.722. The van der Waals surface area contributed by atoms with Crippen molar-refractivity contribution in [2.45, 2.75) is 4.58 Å². The molecule has 56 valence electrons. The Morgan fingerprint density at radius 2 is 2.18 bits per heavy atom. The van der Waals surface area contributed by atoms with E-state index in [9.17, 15) is 0 Å². The molecule has 1 saturated heterocycles. The van der Waals surface area contributed by atoms with E-state index in [1.54, 1.807) is 18.6 Å². The molecule has 0 spiro atoms. The normalized spacial score (nSPS) is 22.9. The molecule has 0 radical (unpaired) electrons. The summed E-state index contributed by atoms with van der Waals surface area (Å²) in [6.07, 6.45) is 5.08. The molecule has 0 saturated carbocycles. The molecule has 1 aromatic heterocycles. The Labute approximate surface area is 72.5 Å². The lowest BCUT2D eigenvalue weighted by molar-refractivity contribution is 1.09. The Bertz CT molecular complexity index is 266. The maximum Gasteiger partial charge on any atom is 0.124 e. The number of hydrogen-bond acceptors (Lipinski definition) is 5. The number of hydrogen-bond donors (Lipinski definition) is 1. The summed E-state index contributed by atoms with van der Waals surface area (Å²) in [5, 5.41) is 7.19. The average molecular weight is 183 g/mol. The van der Waals surface area contributed by atoms with Gasteiger partial charge in [0.05, 0.1) is 11.9 Å². The summed E-state index contributed by atoms with van der Waals surface area (Å²) >= 11 is 3.05. The molecule has 1 aliphatic heterocycles. The lowest BCUT2D eigenvalue weighted by Crippen LogP contribution is -2.06. The van der Waals surface area contributed by atoms with E-state index in [1.165, 1.54) is 23.5 Å². The van der Waals surface area contributed by atoms with Crippen molar-refractivity contribution in [3.8, 4) is 0 Å². The number of thioether (sulfide) groups is 2. The van der Waals surface area contributed by atoms with E-state index in [0.717, 1.165) is 5.69 Å². The fourth-order valence-corrected chi connectivity index (χ4v) is 2.51. The van der Waals surface area contributed by atoms with Gasteiger partial charge < -0.3 is 0 Å². The van der Waals surface area contributed by atoms with Crippen molar-refractivity contribution in [3.05, 3.63) is 24.3 Å². The van der Waals surface area contributed by atoms with Crippen LogP contribution < -0.4 is 0 Å². The van der Waals surface area contributed by atoms with Gasteiger partial charge in [-0.1, -0.05) is 23.5 Å². The lowest BCUT2D eigenvalue weighted by atomic mass is 10.5. The second-order valence-corrected chi connectivity index (χ2v) is 4.77. The molecule has 2 rings (SSSR count). The van der Waals surface area contributed by atoms with Gasteiger partial charge in [0.2, 0.25) is 0 Å². The van der Waals surface area contributed by atoms with Crippen LogP contribution in [0.3, 0.4) is 0 Å². The van der Waals surface area contributed by atoms with Crippen LogP contribution in [0, 0.1) is 5.41 Å². The monoisotopic (exact) mass is 183 g/mol. The zero-order valence-corrected chi connectivity index (χ0v) is 7.15. The van der Waals surface area contributed by atoms with Gasteiger partial charge in [0.1, 0.15) is 8.96 Å². The summed E-state index contributed by atoms with van der Waals surface area (Å²) < 4.78 is 0.969. The minimum atomic E-state index is 0.302. The third-order valence-corrected chi connectivity index (χ3v) is 3.75. The molecule has 0 aromatic carbocycles. The van der Waals surface area contributed by atoms with Gasteiger partial charge in [0, 0.05) is 12.4 Å². The summed E-state index contributed by atoms with van der Waals surface area (Å²) in [5.41, 5.74) is 0.957. The minimum absolute atomic E-state index is 0.302. The van der Waals surface area contributed by atoms with E-state index >= 15 is 0 Å². The van der Waals surface area contributed by atoms with Gasteiger partial charge in [-0.15, -0.1) is 0 Å². The molecule has 0 atom stereocenters. The average Bonchev–Trinajstić information content (AvgIpc) is 2.01. The summed E-state index contributed by atoms with van der Waals surface area (Å²) in [6.45, 7) is 0. The molecule has 2 heterocycles. The second kappa shape index (κ2) is 2.83. The maximum atomic E-state index is 7.19. The molecule has 1 N–H and O–H groups in total. The van der Waals surface area contributed by atoms with Crippen molar-refractivity contribution in [3.63, 3.8) is 0 Å². The fourth-order valence-electron chi connectivity index (χ4n) is 0.756. The molecule has 1 aromatic rings. The van der Waals surface area contributed by atoms with Crippen LogP contribution in [-0.4, -0.2) is 14.3 Å². The van der Waals surface area contributed by atoms with E-state index in [0.29, 0.717) is 8.96 Å². The highest BCUT2D eigenvalue weighted by atomic mass is 32.3. The van der Waals surface area contributed by atoms with Crippen LogP contribution in [0.15, 0.2) is 18.6 Å². The molecule has 1 aliphatic rings. The van der Waals surface area contributed by atoms with Crippen LogP contribution in [0.25, 0.3) is 0 Å². The molecule has 0 aliphatic carbocycles. The highest BCUT2D eigenvalue weighted by Crippen LogP contribution is 2.52. The zero-order valence-electron chi connectivity index (χ0n) is 5.52. The first kappa shape index (κ1) is 7.12. The Morgan fingerprint density at radius 1 is 1.36 bits per heavy atom. The summed E-state index contributed by atoms with van der Waals surface area (Å²) in [7, 11) is 0. The molecule has 0 amide bonds. The third kappa shape index (κ3) is 1.39. The van der Waals surface area contributed by atoms with Gasteiger partial charge in [-0.05, 0) is 0 Å². The molecule has 3 nitrogen and oxygen atoms in total. The predicted octanol–water partition coefficient (Wildman–Crippen LogP) is 1.89. The first-order chi connectivity index (χ1) is 5.36. The van der Waals surface area contributed by atoms with Gasteiger partial charge in [0.25, 0.3) is 0 Å². The highest BCUT2D eigenvalue weighted by Gasteiger charge is 2.28. The van der Waals surface area contributed by atoms with E-state index in [1.807, 2.05) is 0 Å². The van der Waals surface area contributed by atoms with Gasteiger partial charge in [-0.2, -0.15) is 0 Å². The van der Waals surface area contributed by atoms with Crippen molar-refractivity contribution in [2.24, 2.45) is 0 Å². The summed E-state index contributed by atoms with van der Waals surface area (Å²) in [6, 6.07) is 0. The van der Waals surface area contributed by atoms with Crippen molar-refractivity contribution in [2.75, 3.05) is 0 Å². The van der Waals surface area contributed by atoms with E-state index in [-0.39, 0.29) is 0 Å². The molecule has 0 bridgehead atoms. The first-order valence-corrected chi connectivity index (χ1v) is 4.80. The van der Waals surface area contributed by atoms with Gasteiger partial charge in [-0.25, -0.2) is 0 Å². The van der Waals surface area contributed by atoms with Crippen LogP contribution in [-0.2, 0) is 0 Å². The van der Waals surface area contributed by atoms with E-state index in [2.05, 4.69) is 9.97 Å². The Hall–Kier alpha value is -0.550. The molecule has 11 heavy (non-hydrogen) atoms. The number of rotatable bonds is 1. The second-order valence-electron chi connectivity index (χ2n) is 1.99. The Morgan fingerprint density at radius 3 is 2.73 bits per heavy atom. The predicted molar refractivity (Wildman–Crippen MR) is 47.7 cm³/mol. The number of nitrogens with zero attached hydrogens (tertiary/aromatic N) is 2. The van der Waals surface area contributed by atoms with Gasteiger partial charge >= 0.3 is 0 Å². The lowest BCUT2D eigenvalue weighted by Gasteiger charge is -2.23. The summed E-state index contributed by atoms with van der Waals surface area (Å²) in [5.74, 6) is 0. The fraction of sp³-hybridized carbons (Fsp3) is 0.167. The van der Waals surface area contributed by atoms with Crippen LogP contribution in [0.4, 0.5) is 0 Å². The molecule has 5 heteroatoms. The summed E-state index contributed by atoms with van der Waals surface area (Å²) in [4.78, 5) is 8.09. The van der Waals surface area contributed by atoms with Crippen molar-refractivity contribution >= 4 is 27.9 Å². The van der Waals surface area contributed by atoms with Crippen LogP contribution in [0.2, 0.25) is 0 Å². The molecular formula is C6H5N3S2. The van der Waals surface area contributed by atoms with Gasteiger partial charge in [0.15, 0.2) is 0 Å². The SMILES string of the molecule is N=C1SC(c2cnccn2)S1. The largest absolute Gasteiger partial charge is 0.288 e. The third-order valence-electron chi connectivity index (χ3n) is 1.25. The van der Waals surface area contributed by atoms with Crippen molar-refractivity contribution in [1.29, 1.82) is 5.41 Å². The number of aromatic nitrogens is 2. The number of nitrogens with one attached hydrogen (secondary N) is 1. The van der Waals surface area contributed by atoms with Crippen molar-refractivity contribution in [1.82, 2.24) is 9.97 Å².